The van der Waals surface area contributed by atoms with Crippen LogP contribution in [-0.2, 0) is 26.1 Å². The van der Waals surface area contributed by atoms with E-state index in [0.29, 0.717) is 11.2 Å². The Labute approximate surface area is 160 Å². The van der Waals surface area contributed by atoms with Gasteiger partial charge in [0.15, 0.2) is 0 Å². The number of carbonyl (C=O) groups is 1. The predicted octanol–water partition coefficient (Wildman–Crippen LogP) is 2.83. The monoisotopic (exact) mass is 403 g/mol. The zero-order chi connectivity index (χ0) is 20.5. The van der Waals surface area contributed by atoms with Gasteiger partial charge in [0.1, 0.15) is 11.4 Å². The number of aryl methyl sites for hydroxylation is 1. The maximum absolute atomic E-state index is 13.0. The van der Waals surface area contributed by atoms with Gasteiger partial charge in [-0.2, -0.15) is 0 Å². The van der Waals surface area contributed by atoms with Gasteiger partial charge in [-0.25, -0.2) is 8.42 Å². The Balaban J connectivity index is 2.17. The highest BCUT2D eigenvalue weighted by molar-refractivity contribution is 7.93. The standard InChI is InChI=1S/C18H17N3O6S/c1-12-5-3-4-6-15(12)19-28(25,26)17-10-20(11-18(22)27-2)16-8-7-13(21(23)24)9-14(16)17/h3-10,19H,11H2,1-2H3. The van der Waals surface area contributed by atoms with Gasteiger partial charge in [-0.05, 0) is 24.6 Å². The topological polar surface area (TPSA) is 121 Å². The molecule has 0 atom stereocenters. The van der Waals surface area contributed by atoms with Crippen molar-refractivity contribution in [1.82, 2.24) is 4.57 Å². The third-order valence-corrected chi connectivity index (χ3v) is 5.64. The van der Waals surface area contributed by atoms with Crippen LogP contribution in [-0.4, -0.2) is 31.0 Å². The number of anilines is 1. The molecule has 1 heterocycles. The van der Waals surface area contributed by atoms with E-state index in [1.807, 2.05) is 0 Å². The molecular weight excluding hydrogens is 386 g/mol. The molecule has 0 fully saturated rings. The number of para-hydroxylation sites is 1. The molecule has 0 amide bonds. The highest BCUT2D eigenvalue weighted by atomic mass is 32.2. The molecule has 1 N–H and O–H groups in total. The van der Waals surface area contributed by atoms with E-state index in [2.05, 4.69) is 9.46 Å². The number of nitrogens with zero attached hydrogens (tertiary/aromatic N) is 2. The number of methoxy groups -OCH3 is 1. The van der Waals surface area contributed by atoms with E-state index >= 15 is 0 Å². The molecule has 3 aromatic rings. The van der Waals surface area contributed by atoms with Crippen LogP contribution in [0.25, 0.3) is 10.9 Å². The van der Waals surface area contributed by atoms with Crippen molar-refractivity contribution in [3.05, 3.63) is 64.3 Å². The molecule has 10 heteroatoms. The van der Waals surface area contributed by atoms with Crippen molar-refractivity contribution in [2.24, 2.45) is 0 Å². The van der Waals surface area contributed by atoms with Gasteiger partial charge in [-0.15, -0.1) is 0 Å². The number of sulfonamides is 1. The van der Waals surface area contributed by atoms with Crippen molar-refractivity contribution in [3.63, 3.8) is 0 Å². The molecule has 0 aliphatic carbocycles. The number of nitrogens with one attached hydrogen (secondary N) is 1. The van der Waals surface area contributed by atoms with Gasteiger partial charge in [0, 0.05) is 23.7 Å². The van der Waals surface area contributed by atoms with Crippen LogP contribution in [0.4, 0.5) is 11.4 Å². The highest BCUT2D eigenvalue weighted by Gasteiger charge is 2.24. The van der Waals surface area contributed by atoms with Crippen LogP contribution in [0.5, 0.6) is 0 Å². The minimum Gasteiger partial charge on any atom is -0.468 e. The normalized spacial score (nSPS) is 11.4. The van der Waals surface area contributed by atoms with Crippen molar-refractivity contribution >= 4 is 38.3 Å². The number of esters is 1. The number of hydrogen-bond donors (Lipinski definition) is 1. The Hall–Kier alpha value is -3.40. The van der Waals surface area contributed by atoms with Gasteiger partial charge in [0.05, 0.1) is 23.2 Å². The minimum absolute atomic E-state index is 0.138. The summed E-state index contributed by atoms with van der Waals surface area (Å²) in [4.78, 5) is 22.0. The van der Waals surface area contributed by atoms with E-state index in [9.17, 15) is 23.3 Å². The number of nitro groups is 1. The van der Waals surface area contributed by atoms with Crippen LogP contribution in [0.3, 0.4) is 0 Å². The highest BCUT2D eigenvalue weighted by Crippen LogP contribution is 2.31. The summed E-state index contributed by atoms with van der Waals surface area (Å²) in [5.74, 6) is -0.578. The summed E-state index contributed by atoms with van der Waals surface area (Å²) in [6.45, 7) is 1.52. The van der Waals surface area contributed by atoms with Crippen LogP contribution in [0.2, 0.25) is 0 Å². The number of hydrogen-bond acceptors (Lipinski definition) is 6. The van der Waals surface area contributed by atoms with E-state index in [1.165, 1.54) is 36.1 Å². The summed E-state index contributed by atoms with van der Waals surface area (Å²) >= 11 is 0. The largest absolute Gasteiger partial charge is 0.468 e. The molecule has 0 saturated heterocycles. The average Bonchev–Trinajstić information content (AvgIpc) is 3.02. The lowest BCUT2D eigenvalue weighted by Crippen LogP contribution is -2.14. The van der Waals surface area contributed by atoms with Crippen molar-refractivity contribution in [1.29, 1.82) is 0 Å². The fraction of sp³-hybridized carbons (Fsp3) is 0.167. The van der Waals surface area contributed by atoms with Crippen LogP contribution in [0.1, 0.15) is 5.56 Å². The van der Waals surface area contributed by atoms with Crippen molar-refractivity contribution in [2.75, 3.05) is 11.8 Å². The lowest BCUT2D eigenvalue weighted by atomic mass is 10.2. The number of carbonyl (C=O) groups excluding carboxylic acids is 1. The number of aromatic nitrogens is 1. The van der Waals surface area contributed by atoms with Gasteiger partial charge in [-0.1, -0.05) is 18.2 Å². The SMILES string of the molecule is COC(=O)Cn1cc(S(=O)(=O)Nc2ccccc2C)c2cc([N+](=O)[O-])ccc21. The number of benzene rings is 2. The summed E-state index contributed by atoms with van der Waals surface area (Å²) in [6.07, 6.45) is 1.27. The first-order chi connectivity index (χ1) is 13.2. The van der Waals surface area contributed by atoms with Crippen LogP contribution >= 0.6 is 0 Å². The quantitative estimate of drug-likeness (QED) is 0.384. The molecule has 0 bridgehead atoms. The zero-order valence-corrected chi connectivity index (χ0v) is 15.9. The average molecular weight is 403 g/mol. The molecule has 0 spiro atoms. The zero-order valence-electron chi connectivity index (χ0n) is 15.1. The maximum Gasteiger partial charge on any atom is 0.325 e. The molecule has 0 unspecified atom stereocenters. The van der Waals surface area contributed by atoms with E-state index in [0.717, 1.165) is 5.56 Å². The molecule has 0 aliphatic rings. The van der Waals surface area contributed by atoms with Gasteiger partial charge >= 0.3 is 5.97 Å². The Morgan fingerprint density at radius 3 is 2.61 bits per heavy atom. The van der Waals surface area contributed by atoms with Crippen LogP contribution < -0.4 is 4.72 Å². The Kier molecular flexibility index (Phi) is 5.06. The summed E-state index contributed by atoms with van der Waals surface area (Å²) in [5, 5.41) is 11.3. The van der Waals surface area contributed by atoms with E-state index in [4.69, 9.17) is 0 Å². The molecule has 0 aliphatic heterocycles. The molecule has 0 radical (unpaired) electrons. The molecule has 3 rings (SSSR count). The third-order valence-electron chi connectivity index (χ3n) is 4.24. The Bertz CT molecular complexity index is 1180. The molecule has 9 nitrogen and oxygen atoms in total. The molecule has 2 aromatic carbocycles. The van der Waals surface area contributed by atoms with Gasteiger partial charge < -0.3 is 9.30 Å². The van der Waals surface area contributed by atoms with E-state index < -0.39 is 20.9 Å². The van der Waals surface area contributed by atoms with E-state index in [-0.39, 0.29) is 22.5 Å². The molecular formula is C18H17N3O6S. The Morgan fingerprint density at radius 2 is 1.96 bits per heavy atom. The Morgan fingerprint density at radius 1 is 1.25 bits per heavy atom. The minimum atomic E-state index is -4.07. The maximum atomic E-state index is 13.0. The summed E-state index contributed by atoms with van der Waals surface area (Å²) < 4.78 is 34.5. The molecule has 146 valence electrons. The second kappa shape index (κ2) is 7.31. The summed E-state index contributed by atoms with van der Waals surface area (Å²) in [7, 11) is -2.85. The number of non-ortho nitro benzene ring substituents is 1. The fourth-order valence-corrected chi connectivity index (χ4v) is 4.15. The van der Waals surface area contributed by atoms with Gasteiger partial charge in [0.2, 0.25) is 0 Å². The number of ether oxygens (including phenoxy) is 1. The number of nitro benzene ring substituents is 1. The van der Waals surface area contributed by atoms with Crippen LogP contribution in [0, 0.1) is 17.0 Å². The van der Waals surface area contributed by atoms with Crippen LogP contribution in [0.15, 0.2) is 53.6 Å². The first-order valence-corrected chi connectivity index (χ1v) is 9.64. The summed E-state index contributed by atoms with van der Waals surface area (Å²) in [5.41, 5.74) is 1.22. The van der Waals surface area contributed by atoms with Gasteiger partial charge in [-0.3, -0.25) is 19.6 Å². The molecule has 0 saturated carbocycles. The first-order valence-electron chi connectivity index (χ1n) is 8.15. The van der Waals surface area contributed by atoms with Gasteiger partial charge in [0.25, 0.3) is 15.7 Å². The van der Waals surface area contributed by atoms with Crippen molar-refractivity contribution in [2.45, 2.75) is 18.4 Å². The summed E-state index contributed by atoms with van der Waals surface area (Å²) in [6, 6.07) is 10.7. The molecule has 1 aromatic heterocycles. The van der Waals surface area contributed by atoms with E-state index in [1.54, 1.807) is 31.2 Å². The molecule has 28 heavy (non-hydrogen) atoms. The smallest absolute Gasteiger partial charge is 0.325 e. The lowest BCUT2D eigenvalue weighted by molar-refractivity contribution is -0.384. The third kappa shape index (κ3) is 3.67. The first kappa shape index (κ1) is 19.4. The number of rotatable bonds is 6. The van der Waals surface area contributed by atoms with Crippen molar-refractivity contribution < 1.29 is 22.9 Å². The second-order valence-electron chi connectivity index (χ2n) is 6.08. The fourth-order valence-electron chi connectivity index (χ4n) is 2.80. The lowest BCUT2D eigenvalue weighted by Gasteiger charge is -2.09. The predicted molar refractivity (Wildman–Crippen MR) is 103 cm³/mol. The van der Waals surface area contributed by atoms with Crippen molar-refractivity contribution in [3.8, 4) is 0 Å². The second-order valence-corrected chi connectivity index (χ2v) is 7.73. The number of fused-ring (bicyclic) bond motifs is 1.